The van der Waals surface area contributed by atoms with Gasteiger partial charge in [0.1, 0.15) is 5.82 Å². The van der Waals surface area contributed by atoms with Gasteiger partial charge in [0.25, 0.3) is 0 Å². The quantitative estimate of drug-likeness (QED) is 0.810. The van der Waals surface area contributed by atoms with Crippen LogP contribution in [0.1, 0.15) is 11.1 Å². The lowest BCUT2D eigenvalue weighted by molar-refractivity contribution is 0.111. The number of hydrogen-bond acceptors (Lipinski definition) is 3. The van der Waals surface area contributed by atoms with Gasteiger partial charge in [0, 0.05) is 18.7 Å². The van der Waals surface area contributed by atoms with Crippen molar-refractivity contribution in [2.45, 2.75) is 13.0 Å². The molecule has 4 heteroatoms. The van der Waals surface area contributed by atoms with E-state index in [0.29, 0.717) is 12.4 Å². The average molecular weight is 229 g/mol. The maximum Gasteiger partial charge on any atom is 0.121 e. The highest BCUT2D eigenvalue weighted by Crippen LogP contribution is 2.29. The number of ether oxygens (including phenoxy) is 1. The molecule has 0 saturated heterocycles. The smallest absolute Gasteiger partial charge is 0.121 e. The number of nitrogen functional groups attached to an aromatic ring is 1. The normalized spacial score (nSPS) is 14.6. The molecule has 88 valence electrons. The lowest BCUT2D eigenvalue weighted by Crippen LogP contribution is -2.10. The first-order valence-corrected chi connectivity index (χ1v) is 5.74. The summed E-state index contributed by atoms with van der Waals surface area (Å²) in [5.74, 6) is 0.675. The first-order chi connectivity index (χ1) is 8.25. The van der Waals surface area contributed by atoms with Gasteiger partial charge in [0.2, 0.25) is 0 Å². The molecule has 0 saturated carbocycles. The molecule has 0 unspecified atom stereocenters. The van der Waals surface area contributed by atoms with Gasteiger partial charge in [-0.1, -0.05) is 18.2 Å². The van der Waals surface area contributed by atoms with E-state index in [0.717, 1.165) is 24.3 Å². The van der Waals surface area contributed by atoms with Gasteiger partial charge in [0.15, 0.2) is 0 Å². The van der Waals surface area contributed by atoms with Crippen LogP contribution in [0.5, 0.6) is 0 Å². The molecule has 1 aliphatic rings. The summed E-state index contributed by atoms with van der Waals surface area (Å²) in [5, 5.41) is 4.42. The van der Waals surface area contributed by atoms with Crippen LogP contribution in [0.4, 0.5) is 5.82 Å². The molecule has 0 atom stereocenters. The average Bonchev–Trinajstić information content (AvgIpc) is 2.69. The Hall–Kier alpha value is -1.81. The summed E-state index contributed by atoms with van der Waals surface area (Å²) in [4.78, 5) is 0. The van der Waals surface area contributed by atoms with Crippen LogP contribution in [-0.4, -0.2) is 16.4 Å². The molecule has 1 aromatic heterocycles. The number of rotatable bonds is 1. The minimum absolute atomic E-state index is 0.669. The number of aromatic nitrogens is 2. The summed E-state index contributed by atoms with van der Waals surface area (Å²) < 4.78 is 7.22. The lowest BCUT2D eigenvalue weighted by atomic mass is 9.96. The zero-order valence-corrected chi connectivity index (χ0v) is 9.81. The number of nitrogens with two attached hydrogens (primary N) is 1. The van der Waals surface area contributed by atoms with Crippen molar-refractivity contribution in [3.63, 3.8) is 0 Å². The molecule has 2 aromatic rings. The second kappa shape index (κ2) is 3.89. The summed E-state index contributed by atoms with van der Waals surface area (Å²) in [7, 11) is 1.85. The van der Waals surface area contributed by atoms with Crippen LogP contribution in [-0.2, 0) is 24.8 Å². The van der Waals surface area contributed by atoms with E-state index in [9.17, 15) is 0 Å². The first kappa shape index (κ1) is 10.4. The Morgan fingerprint density at radius 1 is 1.41 bits per heavy atom. The van der Waals surface area contributed by atoms with Gasteiger partial charge in [-0.2, -0.15) is 5.10 Å². The number of nitrogens with zero attached hydrogens (tertiary/aromatic N) is 2. The van der Waals surface area contributed by atoms with E-state index in [4.69, 9.17) is 10.5 Å². The van der Waals surface area contributed by atoms with Crippen molar-refractivity contribution < 1.29 is 4.74 Å². The van der Waals surface area contributed by atoms with E-state index in [1.165, 1.54) is 11.1 Å². The topological polar surface area (TPSA) is 53.1 Å². The number of fused-ring (bicyclic) bond motifs is 1. The van der Waals surface area contributed by atoms with Crippen LogP contribution < -0.4 is 5.73 Å². The highest BCUT2D eigenvalue weighted by molar-refractivity contribution is 5.67. The molecule has 0 amide bonds. The van der Waals surface area contributed by atoms with Crippen molar-refractivity contribution in [1.82, 2.24) is 9.78 Å². The van der Waals surface area contributed by atoms with E-state index in [2.05, 4.69) is 23.3 Å². The molecule has 17 heavy (non-hydrogen) atoms. The molecule has 1 aromatic carbocycles. The van der Waals surface area contributed by atoms with Crippen molar-refractivity contribution in [2.75, 3.05) is 12.3 Å². The second-order valence-corrected chi connectivity index (χ2v) is 4.32. The molecule has 3 rings (SSSR count). The van der Waals surface area contributed by atoms with Crippen LogP contribution in [0.2, 0.25) is 0 Å². The van der Waals surface area contributed by atoms with Gasteiger partial charge < -0.3 is 10.5 Å². The van der Waals surface area contributed by atoms with E-state index in [-0.39, 0.29) is 0 Å². The first-order valence-electron chi connectivity index (χ1n) is 5.74. The van der Waals surface area contributed by atoms with Crippen molar-refractivity contribution in [3.8, 4) is 11.3 Å². The minimum atomic E-state index is 0.669. The third kappa shape index (κ3) is 1.70. The molecule has 0 bridgehead atoms. The molecule has 4 nitrogen and oxygen atoms in total. The number of hydrogen-bond donors (Lipinski definition) is 1. The fourth-order valence-electron chi connectivity index (χ4n) is 2.25. The third-order valence-corrected chi connectivity index (χ3v) is 3.23. The fourth-order valence-corrected chi connectivity index (χ4v) is 2.25. The van der Waals surface area contributed by atoms with E-state index < -0.39 is 0 Å². The molecule has 2 N–H and O–H groups in total. The van der Waals surface area contributed by atoms with Gasteiger partial charge >= 0.3 is 0 Å². The van der Waals surface area contributed by atoms with Crippen molar-refractivity contribution in [3.05, 3.63) is 35.4 Å². The monoisotopic (exact) mass is 229 g/mol. The molecule has 1 aliphatic heterocycles. The Kier molecular flexibility index (Phi) is 2.37. The van der Waals surface area contributed by atoms with Crippen molar-refractivity contribution in [2.24, 2.45) is 7.05 Å². The van der Waals surface area contributed by atoms with Crippen LogP contribution in [0.15, 0.2) is 24.3 Å². The number of benzene rings is 1. The maximum absolute atomic E-state index is 5.82. The van der Waals surface area contributed by atoms with E-state index in [1.807, 2.05) is 13.1 Å². The standard InChI is InChI=1S/C13H15N3O/c1-16-13(14)7-12(15-16)10-4-2-3-9-5-6-17-8-11(9)10/h2-4,7H,5-6,8,14H2,1H3. The molecule has 2 heterocycles. The van der Waals surface area contributed by atoms with Gasteiger partial charge in [-0.3, -0.25) is 4.68 Å². The number of anilines is 1. The Balaban J connectivity index is 2.14. The lowest BCUT2D eigenvalue weighted by Gasteiger charge is -2.18. The summed E-state index contributed by atoms with van der Waals surface area (Å²) in [6, 6.07) is 8.22. The predicted molar refractivity (Wildman–Crippen MR) is 66.4 cm³/mol. The highest BCUT2D eigenvalue weighted by Gasteiger charge is 2.16. The maximum atomic E-state index is 5.82. The van der Waals surface area contributed by atoms with Crippen LogP contribution in [0, 0.1) is 0 Å². The molecule has 0 radical (unpaired) electrons. The largest absolute Gasteiger partial charge is 0.384 e. The van der Waals surface area contributed by atoms with Gasteiger partial charge in [-0.15, -0.1) is 0 Å². The van der Waals surface area contributed by atoms with Crippen molar-refractivity contribution >= 4 is 5.82 Å². The van der Waals surface area contributed by atoms with Gasteiger partial charge in [0.05, 0.1) is 18.9 Å². The molecular formula is C13H15N3O. The molecule has 0 spiro atoms. The fraction of sp³-hybridized carbons (Fsp3) is 0.308. The van der Waals surface area contributed by atoms with E-state index in [1.54, 1.807) is 4.68 Å². The zero-order chi connectivity index (χ0) is 11.8. The molecule has 0 aliphatic carbocycles. The van der Waals surface area contributed by atoms with Gasteiger partial charge in [-0.05, 0) is 17.5 Å². The highest BCUT2D eigenvalue weighted by atomic mass is 16.5. The third-order valence-electron chi connectivity index (χ3n) is 3.23. The summed E-state index contributed by atoms with van der Waals surface area (Å²) in [5.41, 5.74) is 10.5. The van der Waals surface area contributed by atoms with Crippen LogP contribution in [0.3, 0.4) is 0 Å². The molecule has 0 fully saturated rings. The predicted octanol–water partition coefficient (Wildman–Crippen LogP) is 1.74. The summed E-state index contributed by atoms with van der Waals surface area (Å²) in [6.07, 6.45) is 0.978. The summed E-state index contributed by atoms with van der Waals surface area (Å²) >= 11 is 0. The SMILES string of the molecule is Cn1nc(-c2cccc3c2COCC3)cc1N. The Morgan fingerprint density at radius 3 is 3.06 bits per heavy atom. The van der Waals surface area contributed by atoms with Crippen LogP contribution >= 0.6 is 0 Å². The van der Waals surface area contributed by atoms with Crippen LogP contribution in [0.25, 0.3) is 11.3 Å². The second-order valence-electron chi connectivity index (χ2n) is 4.32. The Morgan fingerprint density at radius 2 is 2.29 bits per heavy atom. The number of aryl methyl sites for hydroxylation is 1. The van der Waals surface area contributed by atoms with E-state index >= 15 is 0 Å². The Bertz CT molecular complexity index is 540. The van der Waals surface area contributed by atoms with Crippen molar-refractivity contribution in [1.29, 1.82) is 0 Å². The Labute approximate surface area is 100 Å². The zero-order valence-electron chi connectivity index (χ0n) is 9.81. The van der Waals surface area contributed by atoms with Gasteiger partial charge in [-0.25, -0.2) is 0 Å². The summed E-state index contributed by atoms with van der Waals surface area (Å²) in [6.45, 7) is 1.47. The molecular weight excluding hydrogens is 214 g/mol. The minimum Gasteiger partial charge on any atom is -0.384 e.